The van der Waals surface area contributed by atoms with E-state index in [0.717, 1.165) is 19.5 Å². The molecule has 1 heterocycles. The normalized spacial score (nSPS) is 21.4. The van der Waals surface area contributed by atoms with Crippen molar-refractivity contribution in [2.45, 2.75) is 20.3 Å². The average Bonchev–Trinajstić information content (AvgIpc) is 2.45. The van der Waals surface area contributed by atoms with Gasteiger partial charge in [-0.3, -0.25) is 4.79 Å². The predicted octanol–water partition coefficient (Wildman–Crippen LogP) is 2.90. The molecule has 22 heavy (non-hydrogen) atoms. The van der Waals surface area contributed by atoms with Crippen molar-refractivity contribution in [3.05, 3.63) is 29.8 Å². The Morgan fingerprint density at radius 2 is 1.82 bits per heavy atom. The molecule has 1 aliphatic rings. The van der Waals surface area contributed by atoms with Crippen molar-refractivity contribution >= 4 is 17.6 Å². The molecule has 0 radical (unpaired) electrons. The number of rotatable bonds is 2. The number of nitrogens with one attached hydrogen (secondary N) is 1. The molecule has 0 bridgehead atoms. The van der Waals surface area contributed by atoms with E-state index in [9.17, 15) is 9.59 Å². The lowest BCUT2D eigenvalue weighted by molar-refractivity contribution is 0.0827. The zero-order valence-corrected chi connectivity index (χ0v) is 13.8. The van der Waals surface area contributed by atoms with Gasteiger partial charge >= 0.3 is 6.03 Å². The molecule has 0 aromatic heterocycles. The van der Waals surface area contributed by atoms with E-state index in [4.69, 9.17) is 0 Å². The summed E-state index contributed by atoms with van der Waals surface area (Å²) in [6.07, 6.45) is 1.16. The second kappa shape index (κ2) is 6.81. The van der Waals surface area contributed by atoms with Gasteiger partial charge in [-0.25, -0.2) is 4.79 Å². The minimum atomic E-state index is -0.0900. The van der Waals surface area contributed by atoms with Gasteiger partial charge in [0, 0.05) is 38.4 Å². The van der Waals surface area contributed by atoms with Crippen LogP contribution in [0, 0.1) is 11.8 Å². The number of amides is 3. The summed E-state index contributed by atoms with van der Waals surface area (Å²) >= 11 is 0. The van der Waals surface area contributed by atoms with Gasteiger partial charge in [0.1, 0.15) is 0 Å². The van der Waals surface area contributed by atoms with E-state index in [1.165, 1.54) is 4.90 Å². The smallest absolute Gasteiger partial charge is 0.321 e. The third-order valence-corrected chi connectivity index (χ3v) is 3.92. The lowest BCUT2D eigenvalue weighted by Gasteiger charge is -2.34. The van der Waals surface area contributed by atoms with Crippen LogP contribution in [-0.4, -0.2) is 48.9 Å². The molecule has 1 aromatic rings. The van der Waals surface area contributed by atoms with Gasteiger partial charge in [0.25, 0.3) is 5.91 Å². The number of urea groups is 1. The van der Waals surface area contributed by atoms with Crippen LogP contribution in [0.1, 0.15) is 30.6 Å². The van der Waals surface area contributed by atoms with Crippen molar-refractivity contribution in [1.29, 1.82) is 0 Å². The summed E-state index contributed by atoms with van der Waals surface area (Å²) in [6.45, 7) is 5.91. The van der Waals surface area contributed by atoms with E-state index in [2.05, 4.69) is 19.2 Å². The van der Waals surface area contributed by atoms with Crippen molar-refractivity contribution in [2.24, 2.45) is 11.8 Å². The van der Waals surface area contributed by atoms with E-state index in [1.807, 2.05) is 4.90 Å². The zero-order chi connectivity index (χ0) is 16.3. The first-order chi connectivity index (χ1) is 10.4. The summed E-state index contributed by atoms with van der Waals surface area (Å²) in [4.78, 5) is 27.7. The second-order valence-electron chi connectivity index (χ2n) is 6.56. The molecule has 0 spiro atoms. The summed E-state index contributed by atoms with van der Waals surface area (Å²) in [6, 6.07) is 6.97. The van der Waals surface area contributed by atoms with Gasteiger partial charge in [-0.2, -0.15) is 0 Å². The lowest BCUT2D eigenvalue weighted by Crippen LogP contribution is -2.44. The third kappa shape index (κ3) is 4.00. The van der Waals surface area contributed by atoms with Crippen LogP contribution in [0.4, 0.5) is 10.5 Å². The fraction of sp³-hybridized carbons (Fsp3) is 0.529. The van der Waals surface area contributed by atoms with Gasteiger partial charge in [0.05, 0.1) is 0 Å². The predicted molar refractivity (Wildman–Crippen MR) is 88.0 cm³/mol. The molecule has 5 heteroatoms. The molecule has 0 aliphatic carbocycles. The minimum absolute atomic E-state index is 0.0729. The molecular formula is C17H25N3O2. The first-order valence-electron chi connectivity index (χ1n) is 7.74. The number of hydrogen-bond donors (Lipinski definition) is 1. The summed E-state index contributed by atoms with van der Waals surface area (Å²) in [5.74, 6) is 0.976. The number of hydrogen-bond acceptors (Lipinski definition) is 2. The molecule has 1 N–H and O–H groups in total. The molecule has 3 amide bonds. The van der Waals surface area contributed by atoms with Crippen LogP contribution in [0.2, 0.25) is 0 Å². The molecule has 2 unspecified atom stereocenters. The molecule has 1 aromatic carbocycles. The van der Waals surface area contributed by atoms with Gasteiger partial charge in [0.15, 0.2) is 0 Å². The highest BCUT2D eigenvalue weighted by Crippen LogP contribution is 2.22. The maximum atomic E-state index is 12.4. The van der Waals surface area contributed by atoms with E-state index >= 15 is 0 Å². The Morgan fingerprint density at radius 3 is 2.41 bits per heavy atom. The number of carbonyl (C=O) groups is 2. The number of piperidine rings is 1. The third-order valence-electron chi connectivity index (χ3n) is 3.92. The largest absolute Gasteiger partial charge is 0.345 e. The molecule has 5 nitrogen and oxygen atoms in total. The highest BCUT2D eigenvalue weighted by Gasteiger charge is 2.25. The Balaban J connectivity index is 2.05. The van der Waals surface area contributed by atoms with Crippen molar-refractivity contribution in [3.8, 4) is 0 Å². The lowest BCUT2D eigenvalue weighted by atomic mass is 9.92. The molecule has 1 saturated heterocycles. The molecule has 120 valence electrons. The summed E-state index contributed by atoms with van der Waals surface area (Å²) in [7, 11) is 3.42. The highest BCUT2D eigenvalue weighted by molar-refractivity contribution is 5.96. The van der Waals surface area contributed by atoms with Crippen LogP contribution in [0.25, 0.3) is 0 Å². The average molecular weight is 303 g/mol. The fourth-order valence-electron chi connectivity index (χ4n) is 3.02. The summed E-state index contributed by atoms with van der Waals surface area (Å²) < 4.78 is 0. The number of likely N-dealkylation sites (tertiary alicyclic amines) is 1. The van der Waals surface area contributed by atoms with Crippen molar-refractivity contribution < 1.29 is 9.59 Å². The van der Waals surface area contributed by atoms with Crippen LogP contribution in [0.5, 0.6) is 0 Å². The Morgan fingerprint density at radius 1 is 1.18 bits per heavy atom. The molecule has 1 fully saturated rings. The minimum Gasteiger partial charge on any atom is -0.345 e. The number of carbonyl (C=O) groups excluding carboxylic acids is 2. The second-order valence-corrected chi connectivity index (χ2v) is 6.56. The Labute approximate surface area is 132 Å². The number of nitrogens with zero attached hydrogens (tertiary/aromatic N) is 2. The number of anilines is 1. The fourth-order valence-corrected chi connectivity index (χ4v) is 3.02. The number of benzene rings is 1. The van der Waals surface area contributed by atoms with E-state index in [0.29, 0.717) is 23.1 Å². The van der Waals surface area contributed by atoms with Crippen LogP contribution < -0.4 is 5.32 Å². The molecule has 2 rings (SSSR count). The summed E-state index contributed by atoms with van der Waals surface area (Å²) in [5, 5.41) is 2.90. The van der Waals surface area contributed by atoms with Crippen LogP contribution >= 0.6 is 0 Å². The van der Waals surface area contributed by atoms with E-state index < -0.39 is 0 Å². The Hall–Kier alpha value is -2.04. The molecular weight excluding hydrogens is 278 g/mol. The monoisotopic (exact) mass is 303 g/mol. The van der Waals surface area contributed by atoms with Gasteiger partial charge < -0.3 is 15.1 Å². The van der Waals surface area contributed by atoms with Gasteiger partial charge in [-0.05, 0) is 36.5 Å². The Kier molecular flexibility index (Phi) is 5.06. The van der Waals surface area contributed by atoms with Gasteiger partial charge in [-0.1, -0.05) is 19.9 Å². The zero-order valence-electron chi connectivity index (χ0n) is 13.8. The van der Waals surface area contributed by atoms with Gasteiger partial charge in [-0.15, -0.1) is 0 Å². The standard InChI is InChI=1S/C17H25N3O2/c1-12-8-13(2)11-20(10-12)17(22)18-15-7-5-6-14(9-15)16(21)19(3)4/h5-7,9,12-13H,8,10-11H2,1-4H3,(H,18,22). The topological polar surface area (TPSA) is 52.7 Å². The maximum absolute atomic E-state index is 12.4. The molecule has 1 aliphatic heterocycles. The van der Waals surface area contributed by atoms with Crippen LogP contribution in [0.3, 0.4) is 0 Å². The van der Waals surface area contributed by atoms with Crippen molar-refractivity contribution in [3.63, 3.8) is 0 Å². The molecule has 2 atom stereocenters. The quantitative estimate of drug-likeness (QED) is 0.913. The maximum Gasteiger partial charge on any atom is 0.321 e. The van der Waals surface area contributed by atoms with Crippen molar-refractivity contribution in [2.75, 3.05) is 32.5 Å². The SMILES string of the molecule is CC1CC(C)CN(C(=O)Nc2cccc(C(=O)N(C)C)c2)C1. The first kappa shape index (κ1) is 16.3. The van der Waals surface area contributed by atoms with Gasteiger partial charge in [0.2, 0.25) is 0 Å². The van der Waals surface area contributed by atoms with Crippen molar-refractivity contribution in [1.82, 2.24) is 9.80 Å². The highest BCUT2D eigenvalue weighted by atomic mass is 16.2. The van der Waals surface area contributed by atoms with Crippen LogP contribution in [-0.2, 0) is 0 Å². The Bertz CT molecular complexity index is 547. The van der Waals surface area contributed by atoms with E-state index in [1.54, 1.807) is 38.4 Å². The first-order valence-corrected chi connectivity index (χ1v) is 7.74. The molecule has 0 saturated carbocycles. The van der Waals surface area contributed by atoms with E-state index in [-0.39, 0.29) is 11.9 Å². The summed E-state index contributed by atoms with van der Waals surface area (Å²) in [5.41, 5.74) is 1.23. The van der Waals surface area contributed by atoms with Crippen LogP contribution in [0.15, 0.2) is 24.3 Å².